The summed E-state index contributed by atoms with van der Waals surface area (Å²) in [5.74, 6) is 0.452. The van der Waals surface area contributed by atoms with Gasteiger partial charge in [-0.05, 0) is 53.5 Å². The molecule has 4 heteroatoms. The number of likely N-dealkylation sites (N-methyl/N-ethyl adjacent to an activating group) is 1. The predicted octanol–water partition coefficient (Wildman–Crippen LogP) is 1.32. The molecule has 0 N–H and O–H groups in total. The maximum Gasteiger partial charge on any atom is 0.132 e. The maximum absolute atomic E-state index is 11.7. The Hall–Kier alpha value is -0.450. The summed E-state index contributed by atoms with van der Waals surface area (Å²) >= 11 is 0. The van der Waals surface area contributed by atoms with E-state index < -0.39 is 0 Å². The molecule has 1 fully saturated rings. The van der Waals surface area contributed by atoms with Gasteiger partial charge in [0, 0.05) is 39.0 Å². The topological polar surface area (TPSA) is 26.8 Å². The summed E-state index contributed by atoms with van der Waals surface area (Å²) in [5, 5.41) is 0. The van der Waals surface area contributed by atoms with E-state index in [-0.39, 0.29) is 0 Å². The second kappa shape index (κ2) is 9.45. The Bertz CT molecular complexity index is 248. The van der Waals surface area contributed by atoms with Crippen molar-refractivity contribution in [3.05, 3.63) is 0 Å². The molecule has 0 aromatic rings. The fourth-order valence-corrected chi connectivity index (χ4v) is 2.45. The van der Waals surface area contributed by atoms with Gasteiger partial charge >= 0.3 is 0 Å². The molecule has 0 amide bonds. The third-order valence-electron chi connectivity index (χ3n) is 3.84. The Labute approximate surface area is 118 Å². The van der Waals surface area contributed by atoms with Crippen LogP contribution in [0.5, 0.6) is 0 Å². The van der Waals surface area contributed by atoms with Gasteiger partial charge < -0.3 is 14.7 Å². The van der Waals surface area contributed by atoms with E-state index in [1.807, 2.05) is 0 Å². The van der Waals surface area contributed by atoms with Crippen molar-refractivity contribution in [3.8, 4) is 0 Å². The number of hydrogen-bond donors (Lipinski definition) is 0. The zero-order valence-electron chi connectivity index (χ0n) is 13.0. The molecule has 0 atom stereocenters. The monoisotopic (exact) mass is 269 g/mol. The molecular formula is C15H31N3O. The fraction of sp³-hybridized carbons (Fsp3) is 0.933. The highest BCUT2D eigenvalue weighted by Gasteiger charge is 2.13. The number of unbranched alkanes of at least 4 members (excludes halogenated alkanes) is 1. The summed E-state index contributed by atoms with van der Waals surface area (Å²) in [6.45, 7) is 6.84. The van der Waals surface area contributed by atoms with Crippen LogP contribution in [0.25, 0.3) is 0 Å². The number of nitrogens with zero attached hydrogens (tertiary/aromatic N) is 3. The van der Waals surface area contributed by atoms with Crippen molar-refractivity contribution in [2.45, 2.75) is 32.1 Å². The molecule has 19 heavy (non-hydrogen) atoms. The summed E-state index contributed by atoms with van der Waals surface area (Å²) < 4.78 is 0. The van der Waals surface area contributed by atoms with E-state index in [2.05, 4.69) is 35.8 Å². The zero-order valence-corrected chi connectivity index (χ0v) is 13.0. The van der Waals surface area contributed by atoms with Crippen molar-refractivity contribution in [1.82, 2.24) is 14.7 Å². The van der Waals surface area contributed by atoms with E-state index in [4.69, 9.17) is 0 Å². The molecule has 1 aliphatic rings. The van der Waals surface area contributed by atoms with Gasteiger partial charge in [-0.3, -0.25) is 4.79 Å². The average molecular weight is 269 g/mol. The summed E-state index contributed by atoms with van der Waals surface area (Å²) in [6, 6.07) is 0. The summed E-state index contributed by atoms with van der Waals surface area (Å²) in [4.78, 5) is 18.8. The SMILES string of the molecule is CN(C)CCCCC(=O)CCCN1CCN(C)CC1. The first-order chi connectivity index (χ1) is 9.08. The van der Waals surface area contributed by atoms with Gasteiger partial charge in [-0.15, -0.1) is 0 Å². The van der Waals surface area contributed by atoms with Gasteiger partial charge in [0.25, 0.3) is 0 Å². The van der Waals surface area contributed by atoms with Gasteiger partial charge in [-0.25, -0.2) is 0 Å². The third-order valence-corrected chi connectivity index (χ3v) is 3.84. The Morgan fingerprint density at radius 1 is 1.00 bits per heavy atom. The van der Waals surface area contributed by atoms with Crippen molar-refractivity contribution in [2.75, 3.05) is 60.4 Å². The minimum absolute atomic E-state index is 0.452. The molecule has 1 rings (SSSR count). The maximum atomic E-state index is 11.7. The first-order valence-electron chi connectivity index (χ1n) is 7.65. The van der Waals surface area contributed by atoms with Crippen molar-refractivity contribution in [3.63, 3.8) is 0 Å². The number of carbonyl (C=O) groups excluding carboxylic acids is 1. The lowest BCUT2D eigenvalue weighted by Gasteiger charge is -2.32. The van der Waals surface area contributed by atoms with Crippen LogP contribution in [0, 0.1) is 0 Å². The van der Waals surface area contributed by atoms with Crippen LogP contribution in [-0.2, 0) is 4.79 Å². The molecule has 112 valence electrons. The van der Waals surface area contributed by atoms with Crippen LogP contribution >= 0.6 is 0 Å². The van der Waals surface area contributed by atoms with Crippen LogP contribution in [0.1, 0.15) is 32.1 Å². The second-order valence-corrected chi connectivity index (χ2v) is 6.05. The van der Waals surface area contributed by atoms with Gasteiger partial charge in [-0.1, -0.05) is 0 Å². The summed E-state index contributed by atoms with van der Waals surface area (Å²) in [5.41, 5.74) is 0. The Kier molecular flexibility index (Phi) is 8.26. The van der Waals surface area contributed by atoms with E-state index in [0.717, 1.165) is 58.3 Å². The highest BCUT2D eigenvalue weighted by atomic mass is 16.1. The molecule has 0 unspecified atom stereocenters. The number of carbonyl (C=O) groups is 1. The van der Waals surface area contributed by atoms with E-state index in [1.54, 1.807) is 0 Å². The molecule has 1 heterocycles. The quantitative estimate of drug-likeness (QED) is 0.590. The van der Waals surface area contributed by atoms with Crippen LogP contribution in [-0.4, -0.2) is 80.9 Å². The minimum atomic E-state index is 0.452. The van der Waals surface area contributed by atoms with Gasteiger partial charge in [0.05, 0.1) is 0 Å². The van der Waals surface area contributed by atoms with E-state index in [9.17, 15) is 4.79 Å². The minimum Gasteiger partial charge on any atom is -0.309 e. The van der Waals surface area contributed by atoms with Crippen molar-refractivity contribution >= 4 is 5.78 Å². The largest absolute Gasteiger partial charge is 0.309 e. The molecule has 0 bridgehead atoms. The van der Waals surface area contributed by atoms with Crippen LogP contribution in [0.3, 0.4) is 0 Å². The number of Topliss-reactive ketones (excluding diaryl/α,β-unsaturated/α-hetero) is 1. The molecule has 0 spiro atoms. The molecule has 0 radical (unpaired) electrons. The summed E-state index contributed by atoms with van der Waals surface area (Å²) in [7, 11) is 6.34. The molecular weight excluding hydrogens is 238 g/mol. The zero-order chi connectivity index (χ0) is 14.1. The van der Waals surface area contributed by atoms with Gasteiger partial charge in [0.1, 0.15) is 5.78 Å². The lowest BCUT2D eigenvalue weighted by molar-refractivity contribution is -0.119. The number of hydrogen-bond acceptors (Lipinski definition) is 4. The van der Waals surface area contributed by atoms with Crippen molar-refractivity contribution in [2.24, 2.45) is 0 Å². The lowest BCUT2D eigenvalue weighted by atomic mass is 10.1. The smallest absolute Gasteiger partial charge is 0.132 e. The summed E-state index contributed by atoms with van der Waals surface area (Å²) in [6.07, 6.45) is 4.77. The Morgan fingerprint density at radius 2 is 1.63 bits per heavy atom. The third kappa shape index (κ3) is 8.35. The van der Waals surface area contributed by atoms with Gasteiger partial charge in [0.2, 0.25) is 0 Å². The molecule has 0 aliphatic carbocycles. The van der Waals surface area contributed by atoms with Crippen LogP contribution < -0.4 is 0 Å². The highest BCUT2D eigenvalue weighted by molar-refractivity contribution is 5.78. The number of piperazine rings is 1. The standard InChI is InChI=1S/C15H31N3O/c1-16(2)9-5-4-7-15(19)8-6-10-18-13-11-17(3)12-14-18/h4-14H2,1-3H3. The predicted molar refractivity (Wildman–Crippen MR) is 80.6 cm³/mol. The number of ketones is 1. The molecule has 1 aliphatic heterocycles. The van der Waals surface area contributed by atoms with E-state index in [0.29, 0.717) is 5.78 Å². The Morgan fingerprint density at radius 3 is 2.26 bits per heavy atom. The second-order valence-electron chi connectivity index (χ2n) is 6.05. The molecule has 0 aromatic carbocycles. The lowest BCUT2D eigenvalue weighted by Crippen LogP contribution is -2.44. The van der Waals surface area contributed by atoms with Crippen LogP contribution in [0.4, 0.5) is 0 Å². The van der Waals surface area contributed by atoms with Gasteiger partial charge in [-0.2, -0.15) is 0 Å². The van der Waals surface area contributed by atoms with E-state index >= 15 is 0 Å². The average Bonchev–Trinajstić information content (AvgIpc) is 2.37. The fourth-order valence-electron chi connectivity index (χ4n) is 2.45. The molecule has 0 saturated carbocycles. The van der Waals surface area contributed by atoms with Crippen molar-refractivity contribution in [1.29, 1.82) is 0 Å². The van der Waals surface area contributed by atoms with Crippen LogP contribution in [0.15, 0.2) is 0 Å². The van der Waals surface area contributed by atoms with E-state index in [1.165, 1.54) is 13.1 Å². The first kappa shape index (κ1) is 16.6. The van der Waals surface area contributed by atoms with Crippen molar-refractivity contribution < 1.29 is 4.79 Å². The van der Waals surface area contributed by atoms with Gasteiger partial charge in [0.15, 0.2) is 0 Å². The molecule has 1 saturated heterocycles. The van der Waals surface area contributed by atoms with Crippen LogP contribution in [0.2, 0.25) is 0 Å². The normalized spacial score (nSPS) is 18.1. The first-order valence-corrected chi connectivity index (χ1v) is 7.65. The molecule has 0 aromatic heterocycles. The highest BCUT2D eigenvalue weighted by Crippen LogP contribution is 2.05. The Balaban J connectivity index is 1.95. The number of rotatable bonds is 9. The molecule has 4 nitrogen and oxygen atoms in total.